The highest BCUT2D eigenvalue weighted by Gasteiger charge is 2.44. The zero-order chi connectivity index (χ0) is 18.7. The first-order valence-corrected chi connectivity index (χ1v) is 10.4. The molecule has 3 saturated heterocycles. The number of amides is 1. The molecule has 1 amide bonds. The number of nitrogens with zero attached hydrogens (tertiary/aromatic N) is 2. The van der Waals surface area contributed by atoms with Crippen molar-refractivity contribution < 1.29 is 14.3 Å². The lowest BCUT2D eigenvalue weighted by atomic mass is 9.77. The Balaban J connectivity index is 1.28. The number of piperidine rings is 1. The molecule has 3 aliphatic rings. The van der Waals surface area contributed by atoms with Gasteiger partial charge in [0.2, 0.25) is 5.91 Å². The van der Waals surface area contributed by atoms with E-state index in [0.29, 0.717) is 12.5 Å². The summed E-state index contributed by atoms with van der Waals surface area (Å²) in [7, 11) is 1.68. The van der Waals surface area contributed by atoms with Crippen LogP contribution in [0.3, 0.4) is 0 Å². The average molecular weight is 373 g/mol. The van der Waals surface area contributed by atoms with Crippen LogP contribution >= 0.6 is 0 Å². The van der Waals surface area contributed by atoms with Crippen molar-refractivity contribution in [2.75, 3.05) is 46.5 Å². The molecule has 0 bridgehead atoms. The first-order chi connectivity index (χ1) is 13.2. The number of hydrogen-bond acceptors (Lipinski definition) is 4. The predicted octanol–water partition coefficient (Wildman–Crippen LogP) is 2.94. The number of likely N-dealkylation sites (tertiary alicyclic amines) is 2. The lowest BCUT2D eigenvalue weighted by Gasteiger charge is -2.39. The molecule has 5 nitrogen and oxygen atoms in total. The van der Waals surface area contributed by atoms with E-state index in [1.165, 1.54) is 19.4 Å². The topological polar surface area (TPSA) is 42.0 Å². The number of methoxy groups -OCH3 is 1. The molecule has 0 aliphatic carbocycles. The van der Waals surface area contributed by atoms with Crippen molar-refractivity contribution in [3.8, 4) is 5.75 Å². The minimum absolute atomic E-state index is 0.197. The van der Waals surface area contributed by atoms with Gasteiger partial charge >= 0.3 is 0 Å². The third-order valence-corrected chi connectivity index (χ3v) is 6.71. The van der Waals surface area contributed by atoms with Crippen LogP contribution in [0.25, 0.3) is 0 Å². The molecule has 3 heterocycles. The van der Waals surface area contributed by atoms with Gasteiger partial charge < -0.3 is 19.3 Å². The molecule has 27 heavy (non-hydrogen) atoms. The Hall–Kier alpha value is -1.59. The molecule has 0 N–H and O–H groups in total. The number of ether oxygens (including phenoxy) is 2. The van der Waals surface area contributed by atoms with Gasteiger partial charge in [-0.05, 0) is 74.3 Å². The summed E-state index contributed by atoms with van der Waals surface area (Å²) in [4.78, 5) is 17.3. The van der Waals surface area contributed by atoms with Gasteiger partial charge in [0, 0.05) is 32.7 Å². The second-order valence-corrected chi connectivity index (χ2v) is 8.64. The highest BCUT2D eigenvalue weighted by Crippen LogP contribution is 2.41. The normalized spacial score (nSPS) is 25.4. The summed E-state index contributed by atoms with van der Waals surface area (Å²) in [6.45, 7) is 6.95. The van der Waals surface area contributed by atoms with Crippen LogP contribution in [0.2, 0.25) is 0 Å². The van der Waals surface area contributed by atoms with Crippen molar-refractivity contribution in [1.82, 2.24) is 9.80 Å². The number of carbonyl (C=O) groups excluding carboxylic acids is 1. The van der Waals surface area contributed by atoms with E-state index in [-0.39, 0.29) is 5.41 Å². The summed E-state index contributed by atoms with van der Waals surface area (Å²) in [5.41, 5.74) is 1.35. The third kappa shape index (κ3) is 4.46. The lowest BCUT2D eigenvalue weighted by Crippen LogP contribution is -2.42. The Morgan fingerprint density at radius 2 is 2.15 bits per heavy atom. The van der Waals surface area contributed by atoms with Gasteiger partial charge in [0.1, 0.15) is 5.75 Å². The Kier molecular flexibility index (Phi) is 5.69. The second kappa shape index (κ2) is 8.19. The summed E-state index contributed by atoms with van der Waals surface area (Å²) in [5.74, 6) is 1.93. The van der Waals surface area contributed by atoms with E-state index in [2.05, 4.69) is 15.9 Å². The summed E-state index contributed by atoms with van der Waals surface area (Å²) >= 11 is 0. The average Bonchev–Trinajstić information content (AvgIpc) is 3.30. The number of carbonyl (C=O) groups is 1. The zero-order valence-electron chi connectivity index (χ0n) is 16.5. The van der Waals surface area contributed by atoms with Gasteiger partial charge in [-0.2, -0.15) is 0 Å². The smallest absolute Gasteiger partial charge is 0.223 e. The third-order valence-electron chi connectivity index (χ3n) is 6.71. The summed E-state index contributed by atoms with van der Waals surface area (Å²) in [5, 5.41) is 0. The molecule has 0 saturated carbocycles. The lowest BCUT2D eigenvalue weighted by molar-refractivity contribution is -0.128. The van der Waals surface area contributed by atoms with E-state index in [1.54, 1.807) is 7.11 Å². The molecule has 1 aromatic carbocycles. The van der Waals surface area contributed by atoms with Crippen molar-refractivity contribution >= 4 is 5.91 Å². The Bertz CT molecular complexity index is 649. The Labute approximate surface area is 162 Å². The van der Waals surface area contributed by atoms with Crippen molar-refractivity contribution in [2.24, 2.45) is 11.3 Å². The monoisotopic (exact) mass is 372 g/mol. The summed E-state index contributed by atoms with van der Waals surface area (Å²) in [6, 6.07) is 8.06. The number of rotatable bonds is 6. The quantitative estimate of drug-likeness (QED) is 0.770. The van der Waals surface area contributed by atoms with Gasteiger partial charge in [0.05, 0.1) is 7.11 Å². The SMILES string of the molecule is COc1cccc(CN2CC3(CCN(CCC4CCOC4)CC3)CC2=O)c1. The van der Waals surface area contributed by atoms with E-state index in [4.69, 9.17) is 9.47 Å². The van der Waals surface area contributed by atoms with Crippen molar-refractivity contribution in [2.45, 2.75) is 38.6 Å². The molecule has 1 atom stereocenters. The molecule has 1 unspecified atom stereocenters. The maximum Gasteiger partial charge on any atom is 0.223 e. The first kappa shape index (κ1) is 18.8. The van der Waals surface area contributed by atoms with Crippen LogP contribution in [-0.4, -0.2) is 62.2 Å². The number of benzene rings is 1. The minimum Gasteiger partial charge on any atom is -0.497 e. The van der Waals surface area contributed by atoms with Crippen molar-refractivity contribution in [3.63, 3.8) is 0 Å². The molecule has 1 aromatic rings. The highest BCUT2D eigenvalue weighted by atomic mass is 16.5. The maximum absolute atomic E-state index is 12.7. The summed E-state index contributed by atoms with van der Waals surface area (Å²) < 4.78 is 10.8. The maximum atomic E-state index is 12.7. The van der Waals surface area contributed by atoms with Gasteiger partial charge in [0.25, 0.3) is 0 Å². The van der Waals surface area contributed by atoms with Gasteiger partial charge in [0.15, 0.2) is 0 Å². The fourth-order valence-corrected chi connectivity index (χ4v) is 4.88. The van der Waals surface area contributed by atoms with Gasteiger partial charge in [-0.25, -0.2) is 0 Å². The van der Waals surface area contributed by atoms with E-state index >= 15 is 0 Å². The summed E-state index contributed by atoms with van der Waals surface area (Å²) in [6.07, 6.45) is 5.50. The molecule has 1 spiro atoms. The molecule has 5 heteroatoms. The van der Waals surface area contributed by atoms with Crippen LogP contribution in [-0.2, 0) is 16.1 Å². The van der Waals surface area contributed by atoms with Crippen LogP contribution in [0.1, 0.15) is 37.7 Å². The molecule has 3 fully saturated rings. The zero-order valence-corrected chi connectivity index (χ0v) is 16.5. The largest absolute Gasteiger partial charge is 0.497 e. The van der Waals surface area contributed by atoms with Gasteiger partial charge in [-0.1, -0.05) is 12.1 Å². The highest BCUT2D eigenvalue weighted by molar-refractivity contribution is 5.79. The minimum atomic E-state index is 0.197. The van der Waals surface area contributed by atoms with Gasteiger partial charge in [-0.3, -0.25) is 4.79 Å². The fourth-order valence-electron chi connectivity index (χ4n) is 4.88. The molecule has 0 aromatic heterocycles. The fraction of sp³-hybridized carbons (Fsp3) is 0.682. The molecular formula is C22H32N2O3. The van der Waals surface area contributed by atoms with Crippen LogP contribution < -0.4 is 4.74 Å². The standard InChI is InChI=1S/C22H32N2O3/c1-26-20-4-2-3-19(13-20)15-24-17-22(14-21(24)25)7-10-23(11-8-22)9-5-18-6-12-27-16-18/h2-4,13,18H,5-12,14-17H2,1H3. The molecular weight excluding hydrogens is 340 g/mol. The van der Waals surface area contributed by atoms with E-state index < -0.39 is 0 Å². The van der Waals surface area contributed by atoms with E-state index in [1.807, 2.05) is 18.2 Å². The number of hydrogen-bond donors (Lipinski definition) is 0. The van der Waals surface area contributed by atoms with Crippen molar-refractivity contribution in [3.05, 3.63) is 29.8 Å². The molecule has 4 rings (SSSR count). The van der Waals surface area contributed by atoms with Crippen molar-refractivity contribution in [1.29, 1.82) is 0 Å². The van der Waals surface area contributed by atoms with Crippen LogP contribution in [0.4, 0.5) is 0 Å². The second-order valence-electron chi connectivity index (χ2n) is 8.64. The van der Waals surface area contributed by atoms with E-state index in [9.17, 15) is 4.79 Å². The van der Waals surface area contributed by atoms with E-state index in [0.717, 1.165) is 69.3 Å². The Morgan fingerprint density at radius 1 is 1.30 bits per heavy atom. The van der Waals surface area contributed by atoms with Crippen LogP contribution in [0, 0.1) is 11.3 Å². The van der Waals surface area contributed by atoms with Crippen LogP contribution in [0.5, 0.6) is 5.75 Å². The molecule has 0 radical (unpaired) electrons. The van der Waals surface area contributed by atoms with Crippen LogP contribution in [0.15, 0.2) is 24.3 Å². The first-order valence-electron chi connectivity index (χ1n) is 10.4. The molecule has 148 valence electrons. The van der Waals surface area contributed by atoms with Gasteiger partial charge in [-0.15, -0.1) is 0 Å². The Morgan fingerprint density at radius 3 is 2.89 bits per heavy atom. The predicted molar refractivity (Wildman–Crippen MR) is 105 cm³/mol. The molecule has 3 aliphatic heterocycles.